The van der Waals surface area contributed by atoms with Crippen LogP contribution in [0.2, 0.25) is 0 Å². The minimum Gasteiger partial charge on any atom is -0.351 e. The predicted molar refractivity (Wildman–Crippen MR) is 93.3 cm³/mol. The van der Waals surface area contributed by atoms with Crippen molar-refractivity contribution >= 4 is 17.5 Å². The van der Waals surface area contributed by atoms with E-state index in [9.17, 15) is 4.79 Å². The molecule has 0 spiro atoms. The maximum Gasteiger partial charge on any atom is 0.230 e. The summed E-state index contributed by atoms with van der Waals surface area (Å²) in [5.74, 6) is 1.20. The van der Waals surface area contributed by atoms with Gasteiger partial charge < -0.3 is 10.2 Å². The Hall–Kier alpha value is -2.43. The lowest BCUT2D eigenvalue weighted by Gasteiger charge is -2.22. The Morgan fingerprint density at radius 1 is 1.09 bits per heavy atom. The molecule has 0 aliphatic carbocycles. The van der Waals surface area contributed by atoms with E-state index in [2.05, 4.69) is 39.5 Å². The molecule has 0 saturated heterocycles. The second-order valence-corrected chi connectivity index (χ2v) is 6.48. The Morgan fingerprint density at radius 3 is 2.30 bits per heavy atom. The van der Waals surface area contributed by atoms with Gasteiger partial charge in [0, 0.05) is 18.5 Å². The van der Waals surface area contributed by atoms with E-state index in [1.54, 1.807) is 6.07 Å². The Labute approximate surface area is 137 Å². The van der Waals surface area contributed by atoms with Crippen molar-refractivity contribution in [3.63, 3.8) is 0 Å². The zero-order valence-corrected chi connectivity index (χ0v) is 14.2. The standard InChI is InChI=1S/C18H24N4O/c1-5-22(13-14-9-7-6-8-10-14)16-12-11-15(20-21-16)19-17(23)18(2,3)4/h6-12H,5,13H2,1-4H3,(H,19,20,23). The van der Waals surface area contributed by atoms with Crippen molar-refractivity contribution in [2.24, 2.45) is 5.41 Å². The summed E-state index contributed by atoms with van der Waals surface area (Å²) in [6, 6.07) is 13.9. The van der Waals surface area contributed by atoms with Crippen LogP contribution < -0.4 is 10.2 Å². The molecule has 2 rings (SSSR count). The van der Waals surface area contributed by atoms with Crippen LogP contribution in [0.5, 0.6) is 0 Å². The number of carbonyl (C=O) groups excluding carboxylic acids is 1. The first-order chi connectivity index (χ1) is 10.9. The number of carbonyl (C=O) groups is 1. The van der Waals surface area contributed by atoms with Gasteiger partial charge in [0.15, 0.2) is 11.6 Å². The lowest BCUT2D eigenvalue weighted by atomic mass is 9.96. The molecule has 0 fully saturated rings. The topological polar surface area (TPSA) is 58.1 Å². The number of rotatable bonds is 5. The number of amides is 1. The van der Waals surface area contributed by atoms with Crippen LogP contribution in [0.25, 0.3) is 0 Å². The van der Waals surface area contributed by atoms with Crippen molar-refractivity contribution in [2.45, 2.75) is 34.2 Å². The van der Waals surface area contributed by atoms with Crippen molar-refractivity contribution in [2.75, 3.05) is 16.8 Å². The highest BCUT2D eigenvalue weighted by Crippen LogP contribution is 2.18. The number of hydrogen-bond acceptors (Lipinski definition) is 4. The quantitative estimate of drug-likeness (QED) is 0.918. The van der Waals surface area contributed by atoms with E-state index in [0.29, 0.717) is 5.82 Å². The van der Waals surface area contributed by atoms with Gasteiger partial charge in [-0.05, 0) is 24.6 Å². The molecule has 0 radical (unpaired) electrons. The summed E-state index contributed by atoms with van der Waals surface area (Å²) in [5, 5.41) is 11.1. The van der Waals surface area contributed by atoms with E-state index in [-0.39, 0.29) is 5.91 Å². The van der Waals surface area contributed by atoms with Crippen molar-refractivity contribution in [1.82, 2.24) is 10.2 Å². The molecule has 0 atom stereocenters. The van der Waals surface area contributed by atoms with E-state index in [1.165, 1.54) is 5.56 Å². The maximum atomic E-state index is 12.0. The maximum absolute atomic E-state index is 12.0. The molecular weight excluding hydrogens is 288 g/mol. The van der Waals surface area contributed by atoms with Crippen LogP contribution in [-0.2, 0) is 11.3 Å². The fraction of sp³-hybridized carbons (Fsp3) is 0.389. The summed E-state index contributed by atoms with van der Waals surface area (Å²) >= 11 is 0. The summed E-state index contributed by atoms with van der Waals surface area (Å²) in [6.45, 7) is 9.28. The average Bonchev–Trinajstić information content (AvgIpc) is 2.53. The monoisotopic (exact) mass is 312 g/mol. The highest BCUT2D eigenvalue weighted by Gasteiger charge is 2.21. The van der Waals surface area contributed by atoms with Crippen LogP contribution in [-0.4, -0.2) is 22.6 Å². The van der Waals surface area contributed by atoms with Gasteiger partial charge in [-0.2, -0.15) is 0 Å². The fourth-order valence-corrected chi connectivity index (χ4v) is 2.02. The van der Waals surface area contributed by atoms with Crippen molar-refractivity contribution in [3.8, 4) is 0 Å². The number of nitrogens with one attached hydrogen (secondary N) is 1. The normalized spacial score (nSPS) is 11.1. The number of hydrogen-bond donors (Lipinski definition) is 1. The smallest absolute Gasteiger partial charge is 0.230 e. The van der Waals surface area contributed by atoms with Crippen LogP contribution in [0.3, 0.4) is 0 Å². The summed E-state index contributed by atoms with van der Waals surface area (Å²) in [7, 11) is 0. The molecule has 0 aliphatic heterocycles. The Bertz CT molecular complexity index is 632. The van der Waals surface area contributed by atoms with Gasteiger partial charge >= 0.3 is 0 Å². The second-order valence-electron chi connectivity index (χ2n) is 6.48. The molecule has 1 aromatic carbocycles. The van der Waals surface area contributed by atoms with Crippen LogP contribution in [0.1, 0.15) is 33.3 Å². The number of anilines is 2. The molecule has 1 amide bonds. The number of aromatic nitrogens is 2. The molecule has 0 aliphatic rings. The molecule has 2 aromatic rings. The summed E-state index contributed by atoms with van der Waals surface area (Å²) in [6.07, 6.45) is 0. The van der Waals surface area contributed by atoms with Gasteiger partial charge in [-0.25, -0.2) is 0 Å². The predicted octanol–water partition coefficient (Wildman–Crippen LogP) is 3.49. The second kappa shape index (κ2) is 7.22. The summed E-state index contributed by atoms with van der Waals surface area (Å²) in [4.78, 5) is 14.1. The molecule has 23 heavy (non-hydrogen) atoms. The van der Waals surface area contributed by atoms with E-state index >= 15 is 0 Å². The Morgan fingerprint density at radius 2 is 1.78 bits per heavy atom. The van der Waals surface area contributed by atoms with E-state index in [0.717, 1.165) is 18.9 Å². The zero-order chi connectivity index (χ0) is 16.9. The first kappa shape index (κ1) is 16.9. The molecule has 5 heteroatoms. The Balaban J connectivity index is 2.06. The summed E-state index contributed by atoms with van der Waals surface area (Å²) in [5.41, 5.74) is 0.768. The highest BCUT2D eigenvalue weighted by molar-refractivity contribution is 5.93. The van der Waals surface area contributed by atoms with Gasteiger partial charge in [0.2, 0.25) is 5.91 Å². The van der Waals surface area contributed by atoms with Gasteiger partial charge in [0.05, 0.1) is 0 Å². The van der Waals surface area contributed by atoms with Crippen molar-refractivity contribution in [1.29, 1.82) is 0 Å². The van der Waals surface area contributed by atoms with E-state index < -0.39 is 5.41 Å². The van der Waals surface area contributed by atoms with Crippen molar-refractivity contribution in [3.05, 3.63) is 48.0 Å². The molecule has 1 heterocycles. The first-order valence-corrected chi connectivity index (χ1v) is 7.84. The van der Waals surface area contributed by atoms with Gasteiger partial charge in [-0.3, -0.25) is 4.79 Å². The SMILES string of the molecule is CCN(Cc1ccccc1)c1ccc(NC(=O)C(C)(C)C)nn1. The lowest BCUT2D eigenvalue weighted by molar-refractivity contribution is -0.123. The Kier molecular flexibility index (Phi) is 5.32. The molecule has 5 nitrogen and oxygen atoms in total. The van der Waals surface area contributed by atoms with Crippen LogP contribution in [0, 0.1) is 5.41 Å². The van der Waals surface area contributed by atoms with E-state index in [1.807, 2.05) is 45.0 Å². The third-order valence-electron chi connectivity index (χ3n) is 3.50. The van der Waals surface area contributed by atoms with Gasteiger partial charge in [0.25, 0.3) is 0 Å². The van der Waals surface area contributed by atoms with Gasteiger partial charge in [-0.15, -0.1) is 10.2 Å². The molecule has 0 unspecified atom stereocenters. The lowest BCUT2D eigenvalue weighted by Crippen LogP contribution is -2.28. The van der Waals surface area contributed by atoms with Gasteiger partial charge in [-0.1, -0.05) is 51.1 Å². The van der Waals surface area contributed by atoms with Crippen LogP contribution in [0.15, 0.2) is 42.5 Å². The number of nitrogens with zero attached hydrogens (tertiary/aromatic N) is 3. The highest BCUT2D eigenvalue weighted by atomic mass is 16.2. The third-order valence-corrected chi connectivity index (χ3v) is 3.50. The van der Waals surface area contributed by atoms with Gasteiger partial charge in [0.1, 0.15) is 0 Å². The zero-order valence-electron chi connectivity index (χ0n) is 14.2. The molecule has 0 bridgehead atoms. The first-order valence-electron chi connectivity index (χ1n) is 7.84. The van der Waals surface area contributed by atoms with Crippen LogP contribution in [0.4, 0.5) is 11.6 Å². The molecule has 0 saturated carbocycles. The third kappa shape index (κ3) is 4.77. The molecule has 1 aromatic heterocycles. The van der Waals surface area contributed by atoms with E-state index in [4.69, 9.17) is 0 Å². The average molecular weight is 312 g/mol. The molecule has 122 valence electrons. The minimum atomic E-state index is -0.455. The van der Waals surface area contributed by atoms with Crippen molar-refractivity contribution < 1.29 is 4.79 Å². The largest absolute Gasteiger partial charge is 0.351 e. The summed E-state index contributed by atoms with van der Waals surface area (Å²) < 4.78 is 0. The molecule has 1 N–H and O–H groups in total. The minimum absolute atomic E-state index is 0.0730. The number of benzene rings is 1. The van der Waals surface area contributed by atoms with Crippen LogP contribution >= 0.6 is 0 Å². The molecular formula is C18H24N4O. The fourth-order valence-electron chi connectivity index (χ4n) is 2.02.